The smallest absolute Gasteiger partial charge is 0.336 e. The van der Waals surface area contributed by atoms with Gasteiger partial charge in [0.15, 0.2) is 0 Å². The van der Waals surface area contributed by atoms with Gasteiger partial charge < -0.3 is 14.6 Å². The second kappa shape index (κ2) is 6.95. The number of hydrogen-bond acceptors (Lipinski definition) is 3. The van der Waals surface area contributed by atoms with E-state index in [1.165, 1.54) is 0 Å². The van der Waals surface area contributed by atoms with Gasteiger partial charge in [-0.1, -0.05) is 18.2 Å². The fraction of sp³-hybridized carbons (Fsp3) is 0.133. The van der Waals surface area contributed by atoms with Gasteiger partial charge in [0.1, 0.15) is 18.1 Å². The van der Waals surface area contributed by atoms with Crippen LogP contribution in [0.25, 0.3) is 0 Å². The van der Waals surface area contributed by atoms with E-state index in [0.29, 0.717) is 17.1 Å². The van der Waals surface area contributed by atoms with Gasteiger partial charge >= 0.3 is 5.97 Å². The van der Waals surface area contributed by atoms with Crippen molar-refractivity contribution in [2.45, 2.75) is 6.61 Å². The van der Waals surface area contributed by atoms with E-state index >= 15 is 0 Å². The fourth-order valence-corrected chi connectivity index (χ4v) is 2.71. The van der Waals surface area contributed by atoms with Crippen molar-refractivity contribution >= 4 is 37.8 Å². The van der Waals surface area contributed by atoms with Crippen LogP contribution in [-0.4, -0.2) is 18.2 Å². The van der Waals surface area contributed by atoms with Crippen molar-refractivity contribution in [1.29, 1.82) is 0 Å². The Hall–Kier alpha value is -1.53. The van der Waals surface area contributed by atoms with Crippen LogP contribution in [0.5, 0.6) is 11.5 Å². The summed E-state index contributed by atoms with van der Waals surface area (Å²) in [5.74, 6) is 0.312. The van der Waals surface area contributed by atoms with E-state index in [9.17, 15) is 4.79 Å². The number of hydrogen-bond donors (Lipinski definition) is 1. The van der Waals surface area contributed by atoms with Crippen LogP contribution < -0.4 is 9.47 Å². The normalized spacial score (nSPS) is 10.2. The van der Waals surface area contributed by atoms with Crippen LogP contribution in [0.4, 0.5) is 0 Å². The van der Waals surface area contributed by atoms with Crippen molar-refractivity contribution in [2.24, 2.45) is 0 Å². The summed E-state index contributed by atoms with van der Waals surface area (Å²) in [6.45, 7) is 0.167. The van der Waals surface area contributed by atoms with Gasteiger partial charge in [-0.25, -0.2) is 4.79 Å². The Kier molecular flexibility index (Phi) is 5.25. The molecule has 2 aromatic rings. The van der Waals surface area contributed by atoms with Gasteiger partial charge in [0.2, 0.25) is 0 Å². The second-order valence-electron chi connectivity index (χ2n) is 4.17. The monoisotopic (exact) mass is 414 g/mol. The second-order valence-corrected chi connectivity index (χ2v) is 5.88. The average Bonchev–Trinajstić information content (AvgIpc) is 2.47. The van der Waals surface area contributed by atoms with Crippen LogP contribution >= 0.6 is 31.9 Å². The van der Waals surface area contributed by atoms with Crippen LogP contribution in [0.15, 0.2) is 45.3 Å². The SMILES string of the molecule is COc1cc(Br)c(OCc2ccccc2C(=O)O)cc1Br. The number of carboxylic acid groups (broad SMARTS) is 1. The third-order valence-electron chi connectivity index (χ3n) is 2.84. The average molecular weight is 416 g/mol. The predicted molar refractivity (Wildman–Crippen MR) is 86.1 cm³/mol. The molecule has 0 aromatic heterocycles. The number of aromatic carboxylic acids is 1. The van der Waals surface area contributed by atoms with E-state index < -0.39 is 5.97 Å². The number of carbonyl (C=O) groups is 1. The number of ether oxygens (including phenoxy) is 2. The molecule has 0 unspecified atom stereocenters. The minimum Gasteiger partial charge on any atom is -0.496 e. The molecule has 0 spiro atoms. The molecule has 1 N–H and O–H groups in total. The first-order valence-electron chi connectivity index (χ1n) is 6.00. The first-order chi connectivity index (χ1) is 10.0. The molecular weight excluding hydrogens is 404 g/mol. The molecule has 2 rings (SSSR count). The Morgan fingerprint density at radius 3 is 2.43 bits per heavy atom. The summed E-state index contributed by atoms with van der Waals surface area (Å²) in [7, 11) is 1.58. The van der Waals surface area contributed by atoms with Crippen LogP contribution in [0.2, 0.25) is 0 Å². The van der Waals surface area contributed by atoms with Crippen LogP contribution in [0, 0.1) is 0 Å². The van der Waals surface area contributed by atoms with Gasteiger partial charge in [0.05, 0.1) is 21.6 Å². The maximum atomic E-state index is 11.1. The summed E-state index contributed by atoms with van der Waals surface area (Å²) in [5.41, 5.74) is 0.852. The molecule has 110 valence electrons. The van der Waals surface area contributed by atoms with Crippen molar-refractivity contribution in [2.75, 3.05) is 7.11 Å². The summed E-state index contributed by atoms with van der Waals surface area (Å²) in [5, 5.41) is 9.14. The number of halogens is 2. The molecule has 4 nitrogen and oxygen atoms in total. The van der Waals surface area contributed by atoms with Crippen molar-refractivity contribution < 1.29 is 19.4 Å². The third kappa shape index (κ3) is 3.77. The minimum absolute atomic E-state index is 0.167. The van der Waals surface area contributed by atoms with Crippen LogP contribution in [-0.2, 0) is 6.61 Å². The molecule has 0 saturated carbocycles. The molecule has 0 amide bonds. The summed E-state index contributed by atoms with van der Waals surface area (Å²) >= 11 is 6.79. The first-order valence-corrected chi connectivity index (χ1v) is 7.58. The molecule has 21 heavy (non-hydrogen) atoms. The summed E-state index contributed by atoms with van der Waals surface area (Å²) in [6, 6.07) is 10.3. The molecule has 0 radical (unpaired) electrons. The Morgan fingerprint density at radius 1 is 1.14 bits per heavy atom. The highest BCUT2D eigenvalue weighted by atomic mass is 79.9. The lowest BCUT2D eigenvalue weighted by molar-refractivity contribution is 0.0694. The lowest BCUT2D eigenvalue weighted by Crippen LogP contribution is -2.05. The highest BCUT2D eigenvalue weighted by Gasteiger charge is 2.12. The van der Waals surface area contributed by atoms with Crippen molar-refractivity contribution in [3.8, 4) is 11.5 Å². The Balaban J connectivity index is 2.21. The van der Waals surface area contributed by atoms with E-state index in [-0.39, 0.29) is 12.2 Å². The maximum Gasteiger partial charge on any atom is 0.336 e. The Morgan fingerprint density at radius 2 is 1.76 bits per heavy atom. The van der Waals surface area contributed by atoms with Gasteiger partial charge in [-0.2, -0.15) is 0 Å². The molecular formula is C15H12Br2O4. The quantitative estimate of drug-likeness (QED) is 0.781. The Labute approximate surface area is 139 Å². The number of benzene rings is 2. The zero-order valence-electron chi connectivity index (χ0n) is 11.1. The summed E-state index contributed by atoms with van der Waals surface area (Å²) in [4.78, 5) is 11.1. The lowest BCUT2D eigenvalue weighted by Gasteiger charge is -2.12. The highest BCUT2D eigenvalue weighted by Crippen LogP contribution is 2.36. The van der Waals surface area contributed by atoms with Gasteiger partial charge in [0.25, 0.3) is 0 Å². The van der Waals surface area contributed by atoms with Gasteiger partial charge in [-0.15, -0.1) is 0 Å². The molecule has 0 aliphatic heterocycles. The standard InChI is InChI=1S/C15H12Br2O4/c1-20-13-6-12(17)14(7-11(13)16)21-8-9-4-2-3-5-10(9)15(18)19/h2-7H,8H2,1H3,(H,18,19). The van der Waals surface area contributed by atoms with Crippen molar-refractivity contribution in [3.63, 3.8) is 0 Å². The molecule has 0 bridgehead atoms. The molecule has 2 aromatic carbocycles. The predicted octanol–water partition coefficient (Wildman–Crippen LogP) is 4.50. The maximum absolute atomic E-state index is 11.1. The van der Waals surface area contributed by atoms with E-state index in [0.717, 1.165) is 8.95 Å². The van der Waals surface area contributed by atoms with E-state index in [1.807, 2.05) is 0 Å². The van der Waals surface area contributed by atoms with E-state index in [2.05, 4.69) is 31.9 Å². The summed E-state index contributed by atoms with van der Waals surface area (Å²) in [6.07, 6.45) is 0. The lowest BCUT2D eigenvalue weighted by atomic mass is 10.1. The van der Waals surface area contributed by atoms with Crippen molar-refractivity contribution in [1.82, 2.24) is 0 Å². The molecule has 0 fully saturated rings. The first kappa shape index (κ1) is 15.9. The van der Waals surface area contributed by atoms with Crippen LogP contribution in [0.1, 0.15) is 15.9 Å². The molecule has 6 heteroatoms. The molecule has 0 heterocycles. The van der Waals surface area contributed by atoms with Crippen LogP contribution in [0.3, 0.4) is 0 Å². The Bertz CT molecular complexity index is 671. The topological polar surface area (TPSA) is 55.8 Å². The minimum atomic E-state index is -0.968. The van der Waals surface area contributed by atoms with E-state index in [1.54, 1.807) is 43.5 Å². The van der Waals surface area contributed by atoms with Crippen molar-refractivity contribution in [3.05, 3.63) is 56.5 Å². The zero-order chi connectivity index (χ0) is 15.4. The number of methoxy groups -OCH3 is 1. The van der Waals surface area contributed by atoms with Gasteiger partial charge in [-0.3, -0.25) is 0 Å². The highest BCUT2D eigenvalue weighted by molar-refractivity contribution is 9.11. The zero-order valence-corrected chi connectivity index (χ0v) is 14.3. The third-order valence-corrected chi connectivity index (χ3v) is 4.08. The van der Waals surface area contributed by atoms with E-state index in [4.69, 9.17) is 14.6 Å². The number of rotatable bonds is 5. The molecule has 0 atom stereocenters. The van der Waals surface area contributed by atoms with Gasteiger partial charge in [0, 0.05) is 5.56 Å². The molecule has 0 aliphatic carbocycles. The summed E-state index contributed by atoms with van der Waals surface area (Å²) < 4.78 is 12.4. The molecule has 0 aliphatic rings. The largest absolute Gasteiger partial charge is 0.496 e. The number of carboxylic acids is 1. The fourth-order valence-electron chi connectivity index (χ4n) is 1.79. The molecule has 0 saturated heterocycles. The van der Waals surface area contributed by atoms with Gasteiger partial charge in [-0.05, 0) is 50.1 Å².